The van der Waals surface area contributed by atoms with E-state index in [1.807, 2.05) is 0 Å². The second kappa shape index (κ2) is 10.6. The Morgan fingerprint density at radius 3 is 2.59 bits per heavy atom. The number of hydrogen-bond acceptors (Lipinski definition) is 8. The first kappa shape index (κ1) is 26.0. The van der Waals surface area contributed by atoms with E-state index in [1.54, 1.807) is 24.3 Å². The molecule has 2 atom stereocenters. The first-order valence-corrected chi connectivity index (χ1v) is 12.0. The molecule has 2 N–H and O–H groups in total. The van der Waals surface area contributed by atoms with Crippen molar-refractivity contribution < 1.29 is 37.5 Å². The first-order valence-electron chi connectivity index (χ1n) is 12.0. The highest BCUT2D eigenvalue weighted by molar-refractivity contribution is 5.90. The number of carbonyl (C=O) groups excluding carboxylic acids is 2. The number of ether oxygens (including phenoxy) is 3. The van der Waals surface area contributed by atoms with Crippen LogP contribution in [0.2, 0.25) is 0 Å². The van der Waals surface area contributed by atoms with Gasteiger partial charge in [-0.3, -0.25) is 14.3 Å². The molecule has 0 spiro atoms. The number of hydrogen-bond donors (Lipinski definition) is 1. The molecule has 3 aromatic rings. The summed E-state index contributed by atoms with van der Waals surface area (Å²) in [7, 11) is 0. The van der Waals surface area contributed by atoms with Crippen LogP contribution < -0.4 is 15.4 Å². The Balaban J connectivity index is 1.22. The third-order valence-electron chi connectivity index (χ3n) is 6.37. The van der Waals surface area contributed by atoms with Crippen molar-refractivity contribution in [3.05, 3.63) is 69.9 Å². The summed E-state index contributed by atoms with van der Waals surface area (Å²) in [6, 6.07) is 8.72. The monoisotopic (exact) mass is 543 g/mol. The zero-order valence-electron chi connectivity index (χ0n) is 20.4. The van der Waals surface area contributed by atoms with Crippen molar-refractivity contribution in [1.29, 1.82) is 0 Å². The summed E-state index contributed by atoms with van der Waals surface area (Å²) in [6.07, 6.45) is -0.210. The van der Waals surface area contributed by atoms with Crippen LogP contribution in [0.3, 0.4) is 0 Å². The van der Waals surface area contributed by atoms with Crippen LogP contribution >= 0.6 is 0 Å². The Morgan fingerprint density at radius 1 is 1.21 bits per heavy atom. The number of aromatic nitrogens is 2. The molecule has 39 heavy (non-hydrogen) atoms. The normalized spacial score (nSPS) is 18.4. The summed E-state index contributed by atoms with van der Waals surface area (Å²) in [5, 5.41) is 10.9. The number of imidazole rings is 1. The number of nitro groups is 1. The van der Waals surface area contributed by atoms with E-state index in [0.717, 1.165) is 22.6 Å². The number of benzene rings is 2. The van der Waals surface area contributed by atoms with Gasteiger partial charge in [-0.25, -0.2) is 13.6 Å². The Labute approximate surface area is 220 Å². The van der Waals surface area contributed by atoms with E-state index in [2.05, 4.69) is 4.98 Å². The molecule has 0 saturated carbocycles. The van der Waals surface area contributed by atoms with Crippen molar-refractivity contribution in [2.75, 3.05) is 18.1 Å². The standard InChI is InChI=1S/C25H23F2N5O7/c26-19-7-16(31-10-17(39-25(31)34)5-6-21(28)33)8-20(27)23(19)15-3-1-14(2-4-15)12-37-18-9-30-11-22(32(35)36)29-24(30)38-13-18/h1-4,7-8,11,17-18H,5-6,9-10,12-13H2,(H2,28,33). The van der Waals surface area contributed by atoms with Gasteiger partial charge in [0.2, 0.25) is 5.91 Å². The Bertz CT molecular complexity index is 1410. The van der Waals surface area contributed by atoms with E-state index >= 15 is 8.78 Å². The Morgan fingerprint density at radius 2 is 1.92 bits per heavy atom. The van der Waals surface area contributed by atoms with Gasteiger partial charge in [0.25, 0.3) is 0 Å². The first-order chi connectivity index (χ1) is 18.7. The lowest BCUT2D eigenvalue weighted by molar-refractivity contribution is -0.389. The van der Waals surface area contributed by atoms with Gasteiger partial charge in [0.05, 0.1) is 30.9 Å². The van der Waals surface area contributed by atoms with E-state index < -0.39 is 34.7 Å². The van der Waals surface area contributed by atoms with Crippen LogP contribution in [-0.2, 0) is 27.4 Å². The number of amides is 2. The summed E-state index contributed by atoms with van der Waals surface area (Å²) in [5.41, 5.74) is 5.90. The summed E-state index contributed by atoms with van der Waals surface area (Å²) >= 11 is 0. The number of cyclic esters (lactones) is 1. The van der Waals surface area contributed by atoms with Gasteiger partial charge in [0.15, 0.2) is 0 Å². The molecule has 12 nitrogen and oxygen atoms in total. The fourth-order valence-electron chi connectivity index (χ4n) is 4.42. The predicted octanol–water partition coefficient (Wildman–Crippen LogP) is 3.31. The summed E-state index contributed by atoms with van der Waals surface area (Å²) in [5.74, 6) is -2.55. The number of nitrogens with zero attached hydrogens (tertiary/aromatic N) is 4. The molecule has 5 rings (SSSR count). The van der Waals surface area contributed by atoms with Crippen molar-refractivity contribution in [1.82, 2.24) is 9.55 Å². The maximum Gasteiger partial charge on any atom is 0.414 e. The summed E-state index contributed by atoms with van der Waals surface area (Å²) < 4.78 is 48.0. The summed E-state index contributed by atoms with van der Waals surface area (Å²) in [4.78, 5) is 38.4. The van der Waals surface area contributed by atoms with Gasteiger partial charge in [-0.1, -0.05) is 24.3 Å². The van der Waals surface area contributed by atoms with E-state index in [1.165, 1.54) is 10.8 Å². The molecular weight excluding hydrogens is 520 g/mol. The molecule has 2 aromatic carbocycles. The van der Waals surface area contributed by atoms with Crippen molar-refractivity contribution in [2.24, 2.45) is 5.73 Å². The van der Waals surface area contributed by atoms with Crippen LogP contribution in [0.15, 0.2) is 42.6 Å². The lowest BCUT2D eigenvalue weighted by Crippen LogP contribution is -2.32. The second-order valence-corrected chi connectivity index (χ2v) is 9.14. The SMILES string of the molecule is NC(=O)CCC1CN(c2cc(F)c(-c3ccc(COC4COc5nc([N+](=O)[O-])cn5C4)cc3)c(F)c2)C(=O)O1. The largest absolute Gasteiger partial charge is 0.444 e. The zero-order valence-corrected chi connectivity index (χ0v) is 20.4. The number of fused-ring (bicyclic) bond motifs is 1. The van der Waals surface area contributed by atoms with Crippen molar-refractivity contribution >= 4 is 23.5 Å². The van der Waals surface area contributed by atoms with Crippen molar-refractivity contribution in [3.63, 3.8) is 0 Å². The zero-order chi connectivity index (χ0) is 27.7. The third-order valence-corrected chi connectivity index (χ3v) is 6.37. The van der Waals surface area contributed by atoms with Crippen LogP contribution in [-0.4, -0.2) is 51.8 Å². The van der Waals surface area contributed by atoms with Crippen molar-refractivity contribution in [2.45, 2.75) is 38.2 Å². The molecule has 204 valence electrons. The molecule has 1 aromatic heterocycles. The van der Waals surface area contributed by atoms with Crippen LogP contribution in [0.1, 0.15) is 18.4 Å². The van der Waals surface area contributed by atoms with E-state index in [-0.39, 0.29) is 61.8 Å². The number of rotatable bonds is 9. The molecule has 14 heteroatoms. The second-order valence-electron chi connectivity index (χ2n) is 9.14. The average Bonchev–Trinajstić information content (AvgIpc) is 3.49. The fourth-order valence-corrected chi connectivity index (χ4v) is 4.42. The number of carbonyl (C=O) groups is 2. The molecule has 2 aliphatic heterocycles. The van der Waals surface area contributed by atoms with Gasteiger partial charge < -0.3 is 30.1 Å². The highest BCUT2D eigenvalue weighted by atomic mass is 19.1. The Hall–Kier alpha value is -4.59. The minimum atomic E-state index is -0.855. The minimum absolute atomic E-state index is 0.00595. The van der Waals surface area contributed by atoms with E-state index in [4.69, 9.17) is 19.9 Å². The smallest absolute Gasteiger partial charge is 0.414 e. The van der Waals surface area contributed by atoms with Crippen LogP contribution in [0, 0.1) is 21.7 Å². The topological polar surface area (TPSA) is 152 Å². The van der Waals surface area contributed by atoms with Crippen LogP contribution in [0.25, 0.3) is 11.1 Å². The number of nitrogens with two attached hydrogens (primary N) is 1. The maximum absolute atomic E-state index is 15.0. The van der Waals surface area contributed by atoms with E-state index in [0.29, 0.717) is 12.1 Å². The molecule has 2 unspecified atom stereocenters. The van der Waals surface area contributed by atoms with Gasteiger partial charge in [0, 0.05) is 11.4 Å². The molecule has 2 aliphatic rings. The van der Waals surface area contributed by atoms with Crippen LogP contribution in [0.5, 0.6) is 6.01 Å². The van der Waals surface area contributed by atoms with Gasteiger partial charge in [-0.15, -0.1) is 0 Å². The van der Waals surface area contributed by atoms with Crippen LogP contribution in [0.4, 0.5) is 25.1 Å². The highest BCUT2D eigenvalue weighted by Gasteiger charge is 2.33. The molecule has 0 bridgehead atoms. The number of anilines is 1. The molecule has 2 amide bonds. The third kappa shape index (κ3) is 5.65. The maximum atomic E-state index is 15.0. The molecular formula is C25H23F2N5O7. The molecule has 3 heterocycles. The quantitative estimate of drug-likeness (QED) is 0.319. The van der Waals surface area contributed by atoms with Gasteiger partial charge in [0.1, 0.15) is 36.6 Å². The van der Waals surface area contributed by atoms with Gasteiger partial charge in [-0.05, 0) is 34.6 Å². The number of primary amides is 1. The fraction of sp³-hybridized carbons (Fsp3) is 0.320. The Kier molecular flexibility index (Phi) is 7.11. The average molecular weight is 543 g/mol. The number of halogens is 2. The predicted molar refractivity (Wildman–Crippen MR) is 131 cm³/mol. The lowest BCUT2D eigenvalue weighted by atomic mass is 10.0. The highest BCUT2D eigenvalue weighted by Crippen LogP contribution is 2.33. The van der Waals surface area contributed by atoms with E-state index in [9.17, 15) is 19.7 Å². The van der Waals surface area contributed by atoms with Gasteiger partial charge >= 0.3 is 17.9 Å². The molecule has 1 saturated heterocycles. The van der Waals surface area contributed by atoms with Gasteiger partial charge in [-0.2, -0.15) is 0 Å². The summed E-state index contributed by atoms with van der Waals surface area (Å²) in [6.45, 7) is 0.724. The minimum Gasteiger partial charge on any atom is -0.444 e. The molecule has 1 fully saturated rings. The molecule has 0 aliphatic carbocycles. The lowest BCUT2D eigenvalue weighted by Gasteiger charge is -2.22. The van der Waals surface area contributed by atoms with Crippen molar-refractivity contribution in [3.8, 4) is 17.1 Å². The molecule has 0 radical (unpaired) electrons.